The monoisotopic (exact) mass is 250 g/mol. The molecule has 0 aliphatic carbocycles. The van der Waals surface area contributed by atoms with Gasteiger partial charge in [-0.3, -0.25) is 4.79 Å². The van der Waals surface area contributed by atoms with E-state index in [1.54, 1.807) is 19.2 Å². The van der Waals surface area contributed by atoms with Crippen LogP contribution in [0.25, 0.3) is 0 Å². The van der Waals surface area contributed by atoms with Crippen LogP contribution in [-0.4, -0.2) is 24.6 Å². The van der Waals surface area contributed by atoms with E-state index in [1.807, 2.05) is 39.8 Å². The summed E-state index contributed by atoms with van der Waals surface area (Å²) in [6.45, 7) is 7.73. The highest BCUT2D eigenvalue weighted by Crippen LogP contribution is 2.20. The molecule has 0 bridgehead atoms. The summed E-state index contributed by atoms with van der Waals surface area (Å²) < 4.78 is 10.9. The van der Waals surface area contributed by atoms with Gasteiger partial charge in [-0.1, -0.05) is 12.1 Å². The minimum absolute atomic E-state index is 0.0658. The topological polar surface area (TPSA) is 35.5 Å². The van der Waals surface area contributed by atoms with Crippen LogP contribution in [0.4, 0.5) is 0 Å². The molecule has 0 spiro atoms. The minimum atomic E-state index is -0.438. The van der Waals surface area contributed by atoms with Crippen LogP contribution in [0.5, 0.6) is 5.75 Å². The molecule has 0 atom stereocenters. The second-order valence-electron chi connectivity index (χ2n) is 5.26. The molecule has 18 heavy (non-hydrogen) atoms. The van der Waals surface area contributed by atoms with Gasteiger partial charge in [-0.2, -0.15) is 0 Å². The summed E-state index contributed by atoms with van der Waals surface area (Å²) >= 11 is 0. The smallest absolute Gasteiger partial charge is 0.165 e. The Morgan fingerprint density at radius 3 is 2.56 bits per heavy atom. The molecule has 1 rings (SSSR count). The molecular formula is C15H22O3. The van der Waals surface area contributed by atoms with Crippen molar-refractivity contribution in [2.75, 3.05) is 7.11 Å². The molecule has 0 radical (unpaired) electrons. The quantitative estimate of drug-likeness (QED) is 0.725. The van der Waals surface area contributed by atoms with E-state index in [1.165, 1.54) is 0 Å². The van der Waals surface area contributed by atoms with Gasteiger partial charge in [-0.25, -0.2) is 0 Å². The van der Waals surface area contributed by atoms with Gasteiger partial charge < -0.3 is 9.47 Å². The molecule has 100 valence electrons. The summed E-state index contributed by atoms with van der Waals surface area (Å²) in [5.41, 5.74) is 0.227. The van der Waals surface area contributed by atoms with Gasteiger partial charge in [-0.15, -0.1) is 0 Å². The fourth-order valence-electron chi connectivity index (χ4n) is 1.58. The second kappa shape index (κ2) is 6.01. The first-order valence-electron chi connectivity index (χ1n) is 6.19. The SMILES string of the molecule is COC(C)(C)CC(=O)c1cccc(OC(C)C)c1. The molecule has 0 N–H and O–H groups in total. The van der Waals surface area contributed by atoms with Crippen molar-refractivity contribution in [2.24, 2.45) is 0 Å². The molecule has 1 aromatic carbocycles. The molecule has 0 amide bonds. The lowest BCUT2D eigenvalue weighted by atomic mass is 9.97. The van der Waals surface area contributed by atoms with Crippen LogP contribution in [0.1, 0.15) is 44.5 Å². The zero-order valence-electron chi connectivity index (χ0n) is 11.8. The van der Waals surface area contributed by atoms with E-state index in [2.05, 4.69) is 0 Å². The Morgan fingerprint density at radius 1 is 1.33 bits per heavy atom. The first kappa shape index (κ1) is 14.7. The molecule has 0 fully saturated rings. The lowest BCUT2D eigenvalue weighted by molar-refractivity contribution is 0.0172. The van der Waals surface area contributed by atoms with E-state index in [-0.39, 0.29) is 11.9 Å². The van der Waals surface area contributed by atoms with Crippen molar-refractivity contribution in [3.05, 3.63) is 29.8 Å². The average molecular weight is 250 g/mol. The Balaban J connectivity index is 2.80. The van der Waals surface area contributed by atoms with Crippen LogP contribution < -0.4 is 4.74 Å². The summed E-state index contributed by atoms with van der Waals surface area (Å²) in [6.07, 6.45) is 0.458. The molecule has 0 unspecified atom stereocenters. The van der Waals surface area contributed by atoms with Gasteiger partial charge in [0.15, 0.2) is 5.78 Å². The first-order chi connectivity index (χ1) is 8.34. The van der Waals surface area contributed by atoms with E-state index in [9.17, 15) is 4.79 Å². The highest BCUT2D eigenvalue weighted by molar-refractivity contribution is 5.97. The first-order valence-corrected chi connectivity index (χ1v) is 6.19. The molecule has 0 heterocycles. The standard InChI is InChI=1S/C15H22O3/c1-11(2)18-13-8-6-7-12(9-13)14(16)10-15(3,4)17-5/h6-9,11H,10H2,1-5H3. The van der Waals surface area contributed by atoms with E-state index >= 15 is 0 Å². The minimum Gasteiger partial charge on any atom is -0.491 e. The normalized spacial score (nSPS) is 11.7. The summed E-state index contributed by atoms with van der Waals surface area (Å²) in [7, 11) is 1.62. The second-order valence-corrected chi connectivity index (χ2v) is 5.26. The predicted octanol–water partition coefficient (Wildman–Crippen LogP) is 3.47. The van der Waals surface area contributed by atoms with Crippen LogP contribution in [0.3, 0.4) is 0 Å². The predicted molar refractivity (Wildman–Crippen MR) is 72.2 cm³/mol. The summed E-state index contributed by atoms with van der Waals surface area (Å²) in [6, 6.07) is 7.29. The number of ether oxygens (including phenoxy) is 2. The van der Waals surface area contributed by atoms with Crippen LogP contribution in [0, 0.1) is 0 Å². The number of hydrogen-bond donors (Lipinski definition) is 0. The zero-order chi connectivity index (χ0) is 13.8. The maximum absolute atomic E-state index is 12.1. The van der Waals surface area contributed by atoms with Crippen molar-refractivity contribution in [3.8, 4) is 5.75 Å². The molecule has 0 saturated carbocycles. The lowest BCUT2D eigenvalue weighted by Crippen LogP contribution is -2.26. The third-order valence-electron chi connectivity index (χ3n) is 2.67. The number of Topliss-reactive ketones (excluding diaryl/α,β-unsaturated/α-hetero) is 1. The number of benzene rings is 1. The largest absolute Gasteiger partial charge is 0.491 e. The van der Waals surface area contributed by atoms with Gasteiger partial charge in [-0.05, 0) is 39.8 Å². The molecule has 1 aromatic rings. The van der Waals surface area contributed by atoms with Crippen LogP contribution in [0.2, 0.25) is 0 Å². The van der Waals surface area contributed by atoms with Crippen molar-refractivity contribution < 1.29 is 14.3 Å². The zero-order valence-corrected chi connectivity index (χ0v) is 11.8. The number of methoxy groups -OCH3 is 1. The molecular weight excluding hydrogens is 228 g/mol. The third-order valence-corrected chi connectivity index (χ3v) is 2.67. The molecule has 0 aliphatic rings. The van der Waals surface area contributed by atoms with Crippen LogP contribution in [-0.2, 0) is 4.74 Å². The number of rotatable bonds is 6. The van der Waals surface area contributed by atoms with Crippen molar-refractivity contribution in [2.45, 2.75) is 45.8 Å². The Bertz CT molecular complexity index is 408. The van der Waals surface area contributed by atoms with Crippen molar-refractivity contribution in [1.82, 2.24) is 0 Å². The summed E-state index contributed by atoms with van der Waals surface area (Å²) in [5, 5.41) is 0. The van der Waals surface area contributed by atoms with Gasteiger partial charge >= 0.3 is 0 Å². The van der Waals surface area contributed by atoms with Gasteiger partial charge in [0.1, 0.15) is 5.75 Å². The van der Waals surface area contributed by atoms with Crippen molar-refractivity contribution in [3.63, 3.8) is 0 Å². The van der Waals surface area contributed by atoms with Crippen molar-refractivity contribution in [1.29, 1.82) is 0 Å². The lowest BCUT2D eigenvalue weighted by Gasteiger charge is -2.21. The maximum atomic E-state index is 12.1. The van der Waals surface area contributed by atoms with Gasteiger partial charge in [0.2, 0.25) is 0 Å². The highest BCUT2D eigenvalue weighted by Gasteiger charge is 2.22. The van der Waals surface area contributed by atoms with Crippen LogP contribution in [0.15, 0.2) is 24.3 Å². The number of carbonyl (C=O) groups excluding carboxylic acids is 1. The third kappa shape index (κ3) is 4.49. The Labute approximate surface area is 109 Å². The summed E-state index contributed by atoms with van der Waals surface area (Å²) in [5.74, 6) is 0.794. The van der Waals surface area contributed by atoms with E-state index in [0.717, 1.165) is 5.75 Å². The van der Waals surface area contributed by atoms with E-state index in [4.69, 9.17) is 9.47 Å². The molecule has 3 nitrogen and oxygen atoms in total. The fraction of sp³-hybridized carbons (Fsp3) is 0.533. The maximum Gasteiger partial charge on any atom is 0.165 e. The van der Waals surface area contributed by atoms with E-state index < -0.39 is 5.60 Å². The Hall–Kier alpha value is -1.35. The van der Waals surface area contributed by atoms with E-state index in [0.29, 0.717) is 12.0 Å². The fourth-order valence-corrected chi connectivity index (χ4v) is 1.58. The Kier molecular flexibility index (Phi) is 4.91. The molecule has 0 aliphatic heterocycles. The molecule has 0 aromatic heterocycles. The number of ketones is 1. The average Bonchev–Trinajstić information content (AvgIpc) is 2.28. The number of carbonyl (C=O) groups is 1. The molecule has 0 saturated heterocycles. The van der Waals surface area contributed by atoms with Gasteiger partial charge in [0.25, 0.3) is 0 Å². The van der Waals surface area contributed by atoms with Gasteiger partial charge in [0.05, 0.1) is 11.7 Å². The van der Waals surface area contributed by atoms with Crippen molar-refractivity contribution >= 4 is 5.78 Å². The van der Waals surface area contributed by atoms with Crippen LogP contribution >= 0.6 is 0 Å². The highest BCUT2D eigenvalue weighted by atomic mass is 16.5. The summed E-state index contributed by atoms with van der Waals surface area (Å²) in [4.78, 5) is 12.1. The van der Waals surface area contributed by atoms with Gasteiger partial charge in [0, 0.05) is 19.1 Å². The number of hydrogen-bond acceptors (Lipinski definition) is 3. The Morgan fingerprint density at radius 2 is 2.00 bits per heavy atom. The molecule has 3 heteroatoms.